The Bertz CT molecular complexity index is 370. The summed E-state index contributed by atoms with van der Waals surface area (Å²) in [6.45, 7) is 9.64. The second-order valence-electron chi connectivity index (χ2n) is 3.69. The third-order valence-electron chi connectivity index (χ3n) is 2.52. The predicted molar refractivity (Wildman–Crippen MR) is 68.3 cm³/mol. The Labute approximate surface area is 107 Å². The van der Waals surface area contributed by atoms with Crippen molar-refractivity contribution in [3.05, 3.63) is 23.0 Å². The molecule has 1 aliphatic heterocycles. The summed E-state index contributed by atoms with van der Waals surface area (Å²) in [4.78, 5) is 0. The van der Waals surface area contributed by atoms with Crippen molar-refractivity contribution < 1.29 is 18.3 Å². The molecule has 0 radical (unpaired) electrons. The highest BCUT2D eigenvalue weighted by Gasteiger charge is 2.43. The van der Waals surface area contributed by atoms with Crippen molar-refractivity contribution in [1.29, 1.82) is 0 Å². The average Bonchev–Trinajstić information content (AvgIpc) is 2.58. The highest BCUT2D eigenvalue weighted by molar-refractivity contribution is 7.58. The zero-order valence-corrected chi connectivity index (χ0v) is 12.0. The maximum Gasteiger partial charge on any atom is 0.360 e. The van der Waals surface area contributed by atoms with Gasteiger partial charge in [-0.25, -0.2) is 0 Å². The van der Waals surface area contributed by atoms with Crippen LogP contribution in [0.25, 0.3) is 0 Å². The summed E-state index contributed by atoms with van der Waals surface area (Å²) in [5.41, 5.74) is -0.805. The lowest BCUT2D eigenvalue weighted by Gasteiger charge is -2.19. The van der Waals surface area contributed by atoms with Crippen LogP contribution < -0.4 is 0 Å². The molecule has 0 spiro atoms. The smallest absolute Gasteiger partial charge is 0.360 e. The van der Waals surface area contributed by atoms with Crippen LogP contribution in [0.2, 0.25) is 0 Å². The normalized spacial score (nSPS) is 25.4. The van der Waals surface area contributed by atoms with Gasteiger partial charge >= 0.3 is 7.60 Å². The van der Waals surface area contributed by atoms with Gasteiger partial charge in [0, 0.05) is 0 Å². The summed E-state index contributed by atoms with van der Waals surface area (Å²) in [7, 11) is -3.34. The maximum absolute atomic E-state index is 12.5. The van der Waals surface area contributed by atoms with Crippen LogP contribution in [0.15, 0.2) is 23.0 Å². The molecule has 4 nitrogen and oxygen atoms in total. The lowest BCUT2D eigenvalue weighted by atomic mass is 10.1. The van der Waals surface area contributed by atoms with Gasteiger partial charge in [-0.15, -0.1) is 0 Å². The minimum absolute atomic E-state index is 0.138. The molecule has 0 aromatic carbocycles. The molecule has 0 bridgehead atoms. The summed E-state index contributed by atoms with van der Waals surface area (Å²) in [5, 5.41) is 0.739. The molecular formula is C11H18ClO4P. The van der Waals surface area contributed by atoms with E-state index in [2.05, 4.69) is 6.58 Å². The highest BCUT2D eigenvalue weighted by Crippen LogP contribution is 2.61. The summed E-state index contributed by atoms with van der Waals surface area (Å²) < 4.78 is 28.5. The molecule has 0 amide bonds. The molecule has 6 heteroatoms. The molecule has 0 saturated heterocycles. The van der Waals surface area contributed by atoms with Gasteiger partial charge in [-0.2, -0.15) is 0 Å². The van der Waals surface area contributed by atoms with Crippen molar-refractivity contribution in [2.45, 2.75) is 26.4 Å². The Kier molecular flexibility index (Phi) is 4.99. The van der Waals surface area contributed by atoms with Crippen LogP contribution in [0, 0.1) is 0 Å². The van der Waals surface area contributed by atoms with E-state index in [-0.39, 0.29) is 19.8 Å². The fraction of sp³-hybridized carbons (Fsp3) is 0.636. The van der Waals surface area contributed by atoms with Crippen molar-refractivity contribution in [3.63, 3.8) is 0 Å². The molecule has 1 rings (SSSR count). The molecule has 0 aliphatic carbocycles. The molecule has 1 heterocycles. The van der Waals surface area contributed by atoms with Crippen LogP contribution in [0.1, 0.15) is 20.8 Å². The van der Waals surface area contributed by atoms with Crippen molar-refractivity contribution in [3.8, 4) is 0 Å². The van der Waals surface area contributed by atoms with Crippen LogP contribution in [0.4, 0.5) is 0 Å². The van der Waals surface area contributed by atoms with Crippen molar-refractivity contribution in [2.75, 3.05) is 19.8 Å². The number of hydrogen-bond donors (Lipinski definition) is 0. The van der Waals surface area contributed by atoms with Crippen molar-refractivity contribution in [1.82, 2.24) is 0 Å². The summed E-state index contributed by atoms with van der Waals surface area (Å²) in [5.74, 6) is 0. The van der Waals surface area contributed by atoms with Crippen LogP contribution in [-0.2, 0) is 18.3 Å². The first-order chi connectivity index (χ1) is 7.93. The van der Waals surface area contributed by atoms with Gasteiger partial charge in [-0.3, -0.25) is 4.57 Å². The molecule has 17 heavy (non-hydrogen) atoms. The Morgan fingerprint density at radius 3 is 2.41 bits per heavy atom. The van der Waals surface area contributed by atoms with Crippen LogP contribution in [-0.4, -0.2) is 25.4 Å². The Morgan fingerprint density at radius 1 is 1.53 bits per heavy atom. The van der Waals surface area contributed by atoms with Crippen molar-refractivity contribution >= 4 is 19.2 Å². The van der Waals surface area contributed by atoms with Gasteiger partial charge in [0.05, 0.1) is 30.2 Å². The Hall–Kier alpha value is -0.120. The van der Waals surface area contributed by atoms with Crippen LogP contribution in [0.5, 0.6) is 0 Å². The number of rotatable bonds is 6. The van der Waals surface area contributed by atoms with E-state index < -0.39 is 13.2 Å². The van der Waals surface area contributed by atoms with Gasteiger partial charge in [0.15, 0.2) is 0 Å². The summed E-state index contributed by atoms with van der Waals surface area (Å²) in [6.07, 6.45) is 1.57. The molecule has 0 aromatic heterocycles. The minimum atomic E-state index is -3.34. The number of halogens is 1. The first kappa shape index (κ1) is 14.9. The van der Waals surface area contributed by atoms with E-state index in [1.54, 1.807) is 26.8 Å². The molecule has 0 saturated carbocycles. The lowest BCUT2D eigenvalue weighted by Crippen LogP contribution is -2.20. The predicted octanol–water partition coefficient (Wildman–Crippen LogP) is 3.68. The molecule has 1 aliphatic rings. The molecule has 0 fully saturated rings. The highest BCUT2D eigenvalue weighted by atomic mass is 35.5. The number of hydrogen-bond acceptors (Lipinski definition) is 4. The van der Waals surface area contributed by atoms with Crippen LogP contribution in [0.3, 0.4) is 0 Å². The topological polar surface area (TPSA) is 44.8 Å². The Balaban J connectivity index is 3.13. The zero-order valence-electron chi connectivity index (χ0n) is 10.4. The summed E-state index contributed by atoms with van der Waals surface area (Å²) in [6, 6.07) is 0. The quantitative estimate of drug-likeness (QED) is 0.550. The van der Waals surface area contributed by atoms with E-state index in [0.717, 1.165) is 0 Å². The van der Waals surface area contributed by atoms with E-state index in [1.807, 2.05) is 0 Å². The third-order valence-corrected chi connectivity index (χ3v) is 5.46. The molecule has 98 valence electrons. The van der Waals surface area contributed by atoms with Gasteiger partial charge in [0.25, 0.3) is 0 Å². The van der Waals surface area contributed by atoms with Crippen LogP contribution >= 0.6 is 19.2 Å². The Morgan fingerprint density at radius 2 is 2.06 bits per heavy atom. The van der Waals surface area contributed by atoms with Gasteiger partial charge < -0.3 is 13.8 Å². The van der Waals surface area contributed by atoms with E-state index in [0.29, 0.717) is 10.3 Å². The molecule has 1 atom stereocenters. The summed E-state index contributed by atoms with van der Waals surface area (Å²) >= 11 is 6.19. The first-order valence-corrected chi connectivity index (χ1v) is 7.42. The molecular weight excluding hydrogens is 263 g/mol. The fourth-order valence-electron chi connectivity index (χ4n) is 1.51. The average molecular weight is 281 g/mol. The molecule has 1 unspecified atom stereocenters. The third kappa shape index (κ3) is 2.83. The van der Waals surface area contributed by atoms with E-state index >= 15 is 0 Å². The monoisotopic (exact) mass is 280 g/mol. The van der Waals surface area contributed by atoms with E-state index in [4.69, 9.17) is 25.4 Å². The minimum Gasteiger partial charge on any atom is -0.360 e. The standard InChI is InChI=1S/C11H18ClO4P/c1-5-11(4)10(12)9(8-14-11)17(13,15-6-2)16-7-3/h5H,1,6-8H2,2-4H3. The second-order valence-corrected chi connectivity index (χ2v) is 6.12. The zero-order chi connectivity index (χ0) is 13.1. The van der Waals surface area contributed by atoms with Gasteiger partial charge in [0.2, 0.25) is 0 Å². The van der Waals surface area contributed by atoms with E-state index in [9.17, 15) is 4.57 Å². The SMILES string of the molecule is C=CC1(C)OCC(P(=O)(OCC)OCC)=C1Cl. The lowest BCUT2D eigenvalue weighted by molar-refractivity contribution is 0.0768. The van der Waals surface area contributed by atoms with Gasteiger partial charge in [0.1, 0.15) is 5.60 Å². The molecule has 0 N–H and O–H groups in total. The largest absolute Gasteiger partial charge is 0.360 e. The first-order valence-electron chi connectivity index (χ1n) is 5.50. The number of ether oxygens (including phenoxy) is 1. The second kappa shape index (κ2) is 5.68. The molecule has 0 aromatic rings. The fourth-order valence-corrected chi connectivity index (χ4v) is 3.76. The van der Waals surface area contributed by atoms with Gasteiger partial charge in [-0.05, 0) is 20.8 Å². The maximum atomic E-state index is 12.5. The van der Waals surface area contributed by atoms with E-state index in [1.165, 1.54) is 0 Å². The van der Waals surface area contributed by atoms with Crippen molar-refractivity contribution in [2.24, 2.45) is 0 Å². The van der Waals surface area contributed by atoms with Gasteiger partial charge in [-0.1, -0.05) is 24.3 Å².